The Balaban J connectivity index is 2.53. The molecule has 0 aliphatic heterocycles. The lowest BCUT2D eigenvalue weighted by Crippen LogP contribution is -2.19. The van der Waals surface area contributed by atoms with Crippen LogP contribution in [0.25, 0.3) is 0 Å². The van der Waals surface area contributed by atoms with Crippen LogP contribution in [0.1, 0.15) is 60.3 Å². The van der Waals surface area contributed by atoms with Gasteiger partial charge in [0.1, 0.15) is 0 Å². The fourth-order valence-corrected chi connectivity index (χ4v) is 3.98. The maximum atomic E-state index is 11.7. The van der Waals surface area contributed by atoms with E-state index in [0.717, 1.165) is 5.57 Å². The summed E-state index contributed by atoms with van der Waals surface area (Å²) in [6.45, 7) is 13.0. The Hall–Kier alpha value is -1.99. The Kier molecular flexibility index (Phi) is 14.7. The Labute approximate surface area is 205 Å². The number of aliphatic hydroxyl groups excluding tert-OH is 1. The van der Waals surface area contributed by atoms with Crippen LogP contribution in [0.15, 0.2) is 58.2 Å². The molecule has 6 nitrogen and oxygen atoms in total. The normalized spacial score (nSPS) is 17.6. The second-order valence-electron chi connectivity index (χ2n) is 9.31. The summed E-state index contributed by atoms with van der Waals surface area (Å²) in [7, 11) is 0. The molecule has 6 heteroatoms. The molecule has 0 unspecified atom stereocenters. The number of allylic oxidation sites excluding steroid dienone is 9. The molecular formula is C28H44O6. The van der Waals surface area contributed by atoms with Gasteiger partial charge < -0.3 is 24.4 Å². The summed E-state index contributed by atoms with van der Waals surface area (Å²) in [5.74, 6) is -0.925. The summed E-state index contributed by atoms with van der Waals surface area (Å²) < 4.78 is 15.9. The van der Waals surface area contributed by atoms with Crippen molar-refractivity contribution in [1.29, 1.82) is 0 Å². The summed E-state index contributed by atoms with van der Waals surface area (Å²) in [6.07, 6.45) is 14.1. The van der Waals surface area contributed by atoms with E-state index < -0.39 is 5.97 Å². The molecule has 0 aromatic heterocycles. The highest BCUT2D eigenvalue weighted by molar-refractivity contribution is 5.88. The van der Waals surface area contributed by atoms with Crippen LogP contribution in [0, 0.1) is 5.41 Å². The van der Waals surface area contributed by atoms with Crippen molar-refractivity contribution < 1.29 is 29.2 Å². The third kappa shape index (κ3) is 11.9. The van der Waals surface area contributed by atoms with Crippen molar-refractivity contribution in [1.82, 2.24) is 0 Å². The van der Waals surface area contributed by atoms with Crippen LogP contribution in [0.4, 0.5) is 0 Å². The van der Waals surface area contributed by atoms with Gasteiger partial charge in [0.15, 0.2) is 0 Å². The first kappa shape index (κ1) is 30.0. The quantitative estimate of drug-likeness (QED) is 0.176. The van der Waals surface area contributed by atoms with Gasteiger partial charge in [-0.1, -0.05) is 55.4 Å². The van der Waals surface area contributed by atoms with Gasteiger partial charge >= 0.3 is 5.97 Å². The first-order chi connectivity index (χ1) is 16.2. The first-order valence-electron chi connectivity index (χ1n) is 12.2. The zero-order valence-corrected chi connectivity index (χ0v) is 21.7. The fraction of sp³-hybridized carbons (Fsp3) is 0.607. The molecule has 0 spiro atoms. The van der Waals surface area contributed by atoms with Crippen LogP contribution in [-0.4, -0.2) is 62.4 Å². The van der Waals surface area contributed by atoms with Gasteiger partial charge in [0, 0.05) is 12.0 Å². The lowest BCUT2D eigenvalue weighted by Gasteiger charge is -2.32. The molecule has 0 bridgehead atoms. The van der Waals surface area contributed by atoms with Crippen LogP contribution < -0.4 is 0 Å². The van der Waals surface area contributed by atoms with E-state index in [0.29, 0.717) is 57.2 Å². The predicted molar refractivity (Wildman–Crippen MR) is 137 cm³/mol. The number of carbonyl (C=O) groups is 1. The lowest BCUT2D eigenvalue weighted by molar-refractivity contribution is -0.133. The van der Waals surface area contributed by atoms with Crippen molar-refractivity contribution in [2.75, 3.05) is 46.2 Å². The van der Waals surface area contributed by atoms with Crippen LogP contribution in [-0.2, 0) is 19.0 Å². The van der Waals surface area contributed by atoms with E-state index in [1.54, 1.807) is 0 Å². The molecular weight excluding hydrogens is 432 g/mol. The van der Waals surface area contributed by atoms with Gasteiger partial charge in [-0.2, -0.15) is 0 Å². The molecule has 0 aromatic rings. The fourth-order valence-electron chi connectivity index (χ4n) is 3.98. The molecule has 0 atom stereocenters. The number of rotatable bonds is 16. The number of carboxylic acids is 1. The number of aliphatic hydroxyl groups is 1. The predicted octanol–water partition coefficient (Wildman–Crippen LogP) is 5.41. The van der Waals surface area contributed by atoms with Crippen molar-refractivity contribution in [3.8, 4) is 0 Å². The average Bonchev–Trinajstić information content (AvgIpc) is 2.76. The van der Waals surface area contributed by atoms with Gasteiger partial charge in [0.2, 0.25) is 0 Å². The molecule has 0 saturated heterocycles. The molecule has 0 aromatic carbocycles. The molecule has 34 heavy (non-hydrogen) atoms. The Morgan fingerprint density at radius 3 is 2.21 bits per heavy atom. The van der Waals surface area contributed by atoms with E-state index in [2.05, 4.69) is 39.8 Å². The van der Waals surface area contributed by atoms with Crippen LogP contribution in [0.2, 0.25) is 0 Å². The van der Waals surface area contributed by atoms with E-state index in [9.17, 15) is 9.90 Å². The van der Waals surface area contributed by atoms with Gasteiger partial charge in [-0.05, 0) is 56.6 Å². The van der Waals surface area contributed by atoms with Crippen molar-refractivity contribution in [3.63, 3.8) is 0 Å². The second kappa shape index (κ2) is 16.6. The minimum absolute atomic E-state index is 0.000728. The summed E-state index contributed by atoms with van der Waals surface area (Å²) >= 11 is 0. The van der Waals surface area contributed by atoms with E-state index in [1.165, 1.54) is 30.4 Å². The molecule has 0 amide bonds. The number of ether oxygens (including phenoxy) is 3. The van der Waals surface area contributed by atoms with Crippen LogP contribution >= 0.6 is 0 Å². The third-order valence-electron chi connectivity index (χ3n) is 5.97. The summed E-state index contributed by atoms with van der Waals surface area (Å²) in [4.78, 5) is 11.7. The first-order valence-corrected chi connectivity index (χ1v) is 12.2. The Morgan fingerprint density at radius 2 is 1.62 bits per heavy atom. The molecule has 0 saturated carbocycles. The molecule has 1 aliphatic rings. The SMILES string of the molecule is CC(=CC=C/C(C)=C(/CCOCCOCCOCCO)C(=O)O)/C=C/C1=C(C)CCCC1(C)C. The van der Waals surface area contributed by atoms with Crippen molar-refractivity contribution >= 4 is 5.97 Å². The van der Waals surface area contributed by atoms with Gasteiger partial charge in [0.05, 0.1) is 46.2 Å². The topological polar surface area (TPSA) is 85.2 Å². The molecule has 0 fully saturated rings. The highest BCUT2D eigenvalue weighted by atomic mass is 16.5. The van der Waals surface area contributed by atoms with Crippen LogP contribution in [0.3, 0.4) is 0 Å². The molecule has 0 heterocycles. The van der Waals surface area contributed by atoms with Crippen molar-refractivity contribution in [3.05, 3.63) is 58.2 Å². The number of aliphatic carboxylic acids is 1. The monoisotopic (exact) mass is 476 g/mol. The highest BCUT2D eigenvalue weighted by Gasteiger charge is 2.26. The number of hydrogen-bond donors (Lipinski definition) is 2. The van der Waals surface area contributed by atoms with Gasteiger partial charge in [-0.15, -0.1) is 0 Å². The third-order valence-corrected chi connectivity index (χ3v) is 5.97. The minimum atomic E-state index is -0.925. The van der Waals surface area contributed by atoms with E-state index >= 15 is 0 Å². The van der Waals surface area contributed by atoms with Gasteiger partial charge in [0.25, 0.3) is 0 Å². The number of hydrogen-bond acceptors (Lipinski definition) is 5. The van der Waals surface area contributed by atoms with Gasteiger partial charge in [-0.25, -0.2) is 4.79 Å². The van der Waals surface area contributed by atoms with E-state index in [1.807, 2.05) is 25.2 Å². The van der Waals surface area contributed by atoms with Gasteiger partial charge in [-0.3, -0.25) is 0 Å². The molecule has 1 aliphatic carbocycles. The van der Waals surface area contributed by atoms with E-state index in [-0.39, 0.29) is 12.0 Å². The summed E-state index contributed by atoms with van der Waals surface area (Å²) in [6, 6.07) is 0. The smallest absolute Gasteiger partial charge is 0.331 e. The number of carboxylic acid groups (broad SMARTS) is 1. The maximum Gasteiger partial charge on any atom is 0.331 e. The highest BCUT2D eigenvalue weighted by Crippen LogP contribution is 2.40. The summed E-state index contributed by atoms with van der Waals surface area (Å²) in [5, 5.41) is 18.2. The maximum absolute atomic E-state index is 11.7. The zero-order chi connectivity index (χ0) is 25.4. The minimum Gasteiger partial charge on any atom is -0.478 e. The van der Waals surface area contributed by atoms with Crippen LogP contribution in [0.5, 0.6) is 0 Å². The second-order valence-corrected chi connectivity index (χ2v) is 9.31. The molecule has 1 rings (SSSR count). The van der Waals surface area contributed by atoms with Crippen molar-refractivity contribution in [2.45, 2.75) is 60.3 Å². The largest absolute Gasteiger partial charge is 0.478 e. The molecule has 0 radical (unpaired) electrons. The molecule has 2 N–H and O–H groups in total. The van der Waals surface area contributed by atoms with Crippen molar-refractivity contribution in [2.24, 2.45) is 5.41 Å². The Morgan fingerprint density at radius 1 is 1.00 bits per heavy atom. The average molecular weight is 477 g/mol. The van der Waals surface area contributed by atoms with E-state index in [4.69, 9.17) is 19.3 Å². The Bertz CT molecular complexity index is 783. The lowest BCUT2D eigenvalue weighted by atomic mass is 9.72. The standard InChI is InChI=1S/C28H44O6/c1-22(11-12-26-24(3)10-7-14-28(26,4)5)8-6-9-23(2)25(27(30)31)13-16-32-18-20-34-21-19-33-17-15-29/h6,8-9,11-12,29H,7,10,13-21H2,1-5H3,(H,30,31)/b9-6?,12-11+,22-8?,25-23-. The molecule has 192 valence electrons. The zero-order valence-electron chi connectivity index (χ0n) is 21.7. The summed E-state index contributed by atoms with van der Waals surface area (Å²) in [5.41, 5.74) is 5.30.